The zero-order valence-corrected chi connectivity index (χ0v) is 10.9. The average molecular weight is 279 g/mol. The standard InChI is InChI=1S/C13H17N3O4/c17-8-13(4-1-5-13)7-15-11(18)10-3-2-9(6-14-10)16-12(19)20/h2-3,6,16-17H,1,4-5,7-8H2,(H,15,18)(H,19,20). The number of carbonyl (C=O) groups excluding carboxylic acids is 1. The molecule has 1 aromatic heterocycles. The monoisotopic (exact) mass is 279 g/mol. The fourth-order valence-electron chi connectivity index (χ4n) is 2.15. The number of anilines is 1. The number of hydrogen-bond acceptors (Lipinski definition) is 4. The largest absolute Gasteiger partial charge is 0.465 e. The number of aliphatic hydroxyl groups is 1. The lowest BCUT2D eigenvalue weighted by atomic mass is 9.69. The molecule has 1 aliphatic rings. The Balaban J connectivity index is 1.90. The molecule has 0 atom stereocenters. The molecule has 2 amide bonds. The second-order valence-electron chi connectivity index (χ2n) is 5.06. The normalized spacial score (nSPS) is 16.1. The van der Waals surface area contributed by atoms with E-state index in [1.54, 1.807) is 0 Å². The third-order valence-electron chi connectivity index (χ3n) is 3.62. The van der Waals surface area contributed by atoms with Crippen molar-refractivity contribution in [2.45, 2.75) is 19.3 Å². The molecule has 1 saturated carbocycles. The smallest absolute Gasteiger partial charge is 0.409 e. The van der Waals surface area contributed by atoms with Crippen molar-refractivity contribution < 1.29 is 19.8 Å². The third-order valence-corrected chi connectivity index (χ3v) is 3.62. The fourth-order valence-corrected chi connectivity index (χ4v) is 2.15. The second-order valence-corrected chi connectivity index (χ2v) is 5.06. The Morgan fingerprint density at radius 3 is 2.55 bits per heavy atom. The molecule has 7 nitrogen and oxygen atoms in total. The van der Waals surface area contributed by atoms with E-state index < -0.39 is 6.09 Å². The molecule has 0 aromatic carbocycles. The molecule has 0 radical (unpaired) electrons. The summed E-state index contributed by atoms with van der Waals surface area (Å²) in [6.07, 6.45) is 3.01. The molecule has 2 rings (SSSR count). The fraction of sp³-hybridized carbons (Fsp3) is 0.462. The topological polar surface area (TPSA) is 112 Å². The number of carboxylic acid groups (broad SMARTS) is 1. The van der Waals surface area contributed by atoms with Crippen molar-refractivity contribution in [2.75, 3.05) is 18.5 Å². The number of nitrogens with zero attached hydrogens (tertiary/aromatic N) is 1. The number of hydrogen-bond donors (Lipinski definition) is 4. The van der Waals surface area contributed by atoms with Crippen LogP contribution in [0.25, 0.3) is 0 Å². The number of aliphatic hydroxyl groups excluding tert-OH is 1. The highest BCUT2D eigenvalue weighted by atomic mass is 16.4. The van der Waals surface area contributed by atoms with Crippen LogP contribution in [0.5, 0.6) is 0 Å². The molecular weight excluding hydrogens is 262 g/mol. The van der Waals surface area contributed by atoms with Gasteiger partial charge < -0.3 is 15.5 Å². The Morgan fingerprint density at radius 2 is 2.10 bits per heavy atom. The van der Waals surface area contributed by atoms with Crippen LogP contribution < -0.4 is 10.6 Å². The Kier molecular flexibility index (Phi) is 4.19. The van der Waals surface area contributed by atoms with Gasteiger partial charge in [-0.1, -0.05) is 6.42 Å². The van der Waals surface area contributed by atoms with E-state index >= 15 is 0 Å². The molecule has 108 valence electrons. The van der Waals surface area contributed by atoms with Gasteiger partial charge in [0, 0.05) is 12.0 Å². The van der Waals surface area contributed by atoms with Gasteiger partial charge in [-0.3, -0.25) is 10.1 Å². The van der Waals surface area contributed by atoms with Crippen LogP contribution in [0.4, 0.5) is 10.5 Å². The first kappa shape index (κ1) is 14.3. The van der Waals surface area contributed by atoms with Crippen LogP contribution >= 0.6 is 0 Å². The van der Waals surface area contributed by atoms with Crippen molar-refractivity contribution >= 4 is 17.7 Å². The summed E-state index contributed by atoms with van der Waals surface area (Å²) in [7, 11) is 0. The van der Waals surface area contributed by atoms with Crippen molar-refractivity contribution in [1.29, 1.82) is 0 Å². The van der Waals surface area contributed by atoms with Gasteiger partial charge >= 0.3 is 6.09 Å². The summed E-state index contributed by atoms with van der Waals surface area (Å²) in [6.45, 7) is 0.501. The zero-order chi connectivity index (χ0) is 14.6. The van der Waals surface area contributed by atoms with Crippen LogP contribution in [-0.2, 0) is 0 Å². The Hall–Kier alpha value is -2.15. The van der Waals surface area contributed by atoms with E-state index in [1.807, 2.05) is 0 Å². The maximum absolute atomic E-state index is 11.9. The van der Waals surface area contributed by atoms with Crippen LogP contribution in [0, 0.1) is 5.41 Å². The first-order valence-electron chi connectivity index (χ1n) is 6.40. The SMILES string of the molecule is O=C(O)Nc1ccc(C(=O)NCC2(CO)CCC2)nc1. The average Bonchev–Trinajstić information content (AvgIpc) is 2.38. The molecule has 4 N–H and O–H groups in total. The van der Waals surface area contributed by atoms with Crippen LogP contribution in [-0.4, -0.2) is 40.3 Å². The lowest BCUT2D eigenvalue weighted by Crippen LogP contribution is -2.44. The number of amides is 2. The minimum atomic E-state index is -1.18. The molecular formula is C13H17N3O4. The highest BCUT2D eigenvalue weighted by molar-refractivity contribution is 5.92. The lowest BCUT2D eigenvalue weighted by Gasteiger charge is -2.40. The van der Waals surface area contributed by atoms with Crippen LogP contribution in [0.2, 0.25) is 0 Å². The molecule has 1 aromatic rings. The summed E-state index contributed by atoms with van der Waals surface area (Å²) in [6, 6.07) is 2.92. The number of nitrogens with one attached hydrogen (secondary N) is 2. The maximum atomic E-state index is 11.9. The predicted octanol–water partition coefficient (Wildman–Crippen LogP) is 1.06. The molecule has 1 aliphatic carbocycles. The molecule has 1 fully saturated rings. The van der Waals surface area contributed by atoms with Gasteiger partial charge in [0.1, 0.15) is 5.69 Å². The van der Waals surface area contributed by atoms with Gasteiger partial charge in [-0.25, -0.2) is 9.78 Å². The molecule has 0 spiro atoms. The quantitative estimate of drug-likeness (QED) is 0.644. The van der Waals surface area contributed by atoms with Crippen molar-refractivity contribution in [1.82, 2.24) is 10.3 Å². The molecule has 0 bridgehead atoms. The first-order valence-corrected chi connectivity index (χ1v) is 6.40. The van der Waals surface area contributed by atoms with Gasteiger partial charge in [0.25, 0.3) is 5.91 Å². The summed E-state index contributed by atoms with van der Waals surface area (Å²) in [5.41, 5.74) is 0.341. The minimum Gasteiger partial charge on any atom is -0.465 e. The van der Waals surface area contributed by atoms with Gasteiger partial charge in [-0.05, 0) is 25.0 Å². The predicted molar refractivity (Wildman–Crippen MR) is 71.6 cm³/mol. The van der Waals surface area contributed by atoms with E-state index in [0.29, 0.717) is 12.2 Å². The van der Waals surface area contributed by atoms with Gasteiger partial charge in [0.05, 0.1) is 18.5 Å². The minimum absolute atomic E-state index is 0.0716. The summed E-state index contributed by atoms with van der Waals surface area (Å²) in [4.78, 5) is 26.2. The van der Waals surface area contributed by atoms with E-state index in [2.05, 4.69) is 15.6 Å². The summed E-state index contributed by atoms with van der Waals surface area (Å²) < 4.78 is 0. The Labute approximate surface area is 116 Å². The lowest BCUT2D eigenvalue weighted by molar-refractivity contribution is 0.0428. The van der Waals surface area contributed by atoms with Crippen molar-refractivity contribution in [3.63, 3.8) is 0 Å². The number of rotatable bonds is 5. The maximum Gasteiger partial charge on any atom is 0.409 e. The molecule has 1 heterocycles. The van der Waals surface area contributed by atoms with E-state index in [4.69, 9.17) is 5.11 Å². The Morgan fingerprint density at radius 1 is 1.35 bits per heavy atom. The Bertz CT molecular complexity index is 491. The van der Waals surface area contributed by atoms with Crippen molar-refractivity contribution in [3.05, 3.63) is 24.0 Å². The summed E-state index contributed by atoms with van der Waals surface area (Å²) in [5.74, 6) is -0.327. The van der Waals surface area contributed by atoms with Crippen LogP contribution in [0.15, 0.2) is 18.3 Å². The van der Waals surface area contributed by atoms with E-state index in [-0.39, 0.29) is 23.6 Å². The number of aromatic nitrogens is 1. The number of carbonyl (C=O) groups is 2. The van der Waals surface area contributed by atoms with Gasteiger partial charge in [0.15, 0.2) is 0 Å². The molecule has 0 saturated heterocycles. The van der Waals surface area contributed by atoms with E-state index in [0.717, 1.165) is 19.3 Å². The van der Waals surface area contributed by atoms with Crippen molar-refractivity contribution in [3.8, 4) is 0 Å². The molecule has 20 heavy (non-hydrogen) atoms. The second kappa shape index (κ2) is 5.87. The van der Waals surface area contributed by atoms with Gasteiger partial charge in [0.2, 0.25) is 0 Å². The zero-order valence-electron chi connectivity index (χ0n) is 10.9. The molecule has 0 unspecified atom stereocenters. The first-order chi connectivity index (χ1) is 9.54. The molecule has 7 heteroatoms. The molecule has 0 aliphatic heterocycles. The van der Waals surface area contributed by atoms with Crippen LogP contribution in [0.3, 0.4) is 0 Å². The van der Waals surface area contributed by atoms with Crippen LogP contribution in [0.1, 0.15) is 29.8 Å². The highest BCUT2D eigenvalue weighted by Crippen LogP contribution is 2.39. The van der Waals surface area contributed by atoms with E-state index in [1.165, 1.54) is 18.3 Å². The van der Waals surface area contributed by atoms with E-state index in [9.17, 15) is 14.7 Å². The van der Waals surface area contributed by atoms with Gasteiger partial charge in [-0.2, -0.15) is 0 Å². The summed E-state index contributed by atoms with van der Waals surface area (Å²) >= 11 is 0. The highest BCUT2D eigenvalue weighted by Gasteiger charge is 2.36. The van der Waals surface area contributed by atoms with Crippen molar-refractivity contribution in [2.24, 2.45) is 5.41 Å². The summed E-state index contributed by atoms with van der Waals surface area (Å²) in [5, 5.41) is 22.7. The third kappa shape index (κ3) is 3.24. The number of pyridine rings is 1. The van der Waals surface area contributed by atoms with Gasteiger partial charge in [-0.15, -0.1) is 0 Å².